The predicted octanol–water partition coefficient (Wildman–Crippen LogP) is 5.50. The highest BCUT2D eigenvalue weighted by atomic mass is 19.4. The highest BCUT2D eigenvalue weighted by Crippen LogP contribution is 2.30. The highest BCUT2D eigenvalue weighted by Gasteiger charge is 2.32. The molecule has 8 nitrogen and oxygen atoms in total. The number of alkyl halides is 3. The lowest BCUT2D eigenvalue weighted by Crippen LogP contribution is -2.45. The summed E-state index contributed by atoms with van der Waals surface area (Å²) in [6.45, 7) is 3.90. The number of fused-ring (bicyclic) bond motifs is 1. The first kappa shape index (κ1) is 29.2. The molecule has 4 aromatic rings. The van der Waals surface area contributed by atoms with Crippen LogP contribution < -0.4 is 5.32 Å². The number of hydrogen-bond donors (Lipinski definition) is 1. The van der Waals surface area contributed by atoms with Crippen molar-refractivity contribution < 1.29 is 27.5 Å². The van der Waals surface area contributed by atoms with Gasteiger partial charge in [-0.2, -0.15) is 18.3 Å². The molecule has 0 saturated carbocycles. The Hall–Kier alpha value is -4.25. The van der Waals surface area contributed by atoms with E-state index < -0.39 is 11.9 Å². The number of aryl methyl sites for hydroxylation is 1. The molecule has 1 fully saturated rings. The van der Waals surface area contributed by atoms with E-state index in [4.69, 9.17) is 9.84 Å². The topological polar surface area (TPSA) is 89.4 Å². The third kappa shape index (κ3) is 6.30. The number of ether oxygens (including phenoxy) is 1. The van der Waals surface area contributed by atoms with Crippen molar-refractivity contribution in [1.82, 2.24) is 25.0 Å². The summed E-state index contributed by atoms with van der Waals surface area (Å²) in [6, 6.07) is 12.7. The molecule has 2 aromatic heterocycles. The second-order valence-corrected chi connectivity index (χ2v) is 10.4. The van der Waals surface area contributed by atoms with Crippen LogP contribution in [0, 0.1) is 6.92 Å². The van der Waals surface area contributed by atoms with Crippen LogP contribution in [0.3, 0.4) is 0 Å². The maximum absolute atomic E-state index is 13.6. The molecule has 2 amide bonds. The first-order valence-corrected chi connectivity index (χ1v) is 13.8. The second-order valence-electron chi connectivity index (χ2n) is 10.4. The Morgan fingerprint density at radius 3 is 2.50 bits per heavy atom. The van der Waals surface area contributed by atoms with Gasteiger partial charge in [0.25, 0.3) is 11.8 Å². The highest BCUT2D eigenvalue weighted by molar-refractivity contribution is 6.00. The van der Waals surface area contributed by atoms with Gasteiger partial charge in [-0.25, -0.2) is 0 Å². The number of carbonyl (C=O) groups is 2. The minimum atomic E-state index is -4.49. The van der Waals surface area contributed by atoms with Crippen molar-refractivity contribution in [2.45, 2.75) is 44.9 Å². The third-order valence-corrected chi connectivity index (χ3v) is 7.65. The first-order valence-electron chi connectivity index (χ1n) is 13.8. The van der Waals surface area contributed by atoms with E-state index in [-0.39, 0.29) is 17.9 Å². The van der Waals surface area contributed by atoms with Gasteiger partial charge in [-0.3, -0.25) is 19.3 Å². The van der Waals surface area contributed by atoms with E-state index in [0.717, 1.165) is 41.8 Å². The number of pyridine rings is 1. The molecule has 1 atom stereocenters. The van der Waals surface area contributed by atoms with E-state index in [9.17, 15) is 22.8 Å². The Morgan fingerprint density at radius 1 is 1.05 bits per heavy atom. The quantitative estimate of drug-likeness (QED) is 0.279. The number of hydrogen-bond acceptors (Lipinski definition) is 5. The summed E-state index contributed by atoms with van der Waals surface area (Å²) in [5.74, 6) is -0.261. The zero-order chi connectivity index (χ0) is 29.9. The van der Waals surface area contributed by atoms with Crippen molar-refractivity contribution in [3.8, 4) is 11.1 Å². The molecule has 3 heterocycles. The lowest BCUT2D eigenvalue weighted by atomic mass is 9.99. The predicted molar refractivity (Wildman–Crippen MR) is 152 cm³/mol. The number of aromatic nitrogens is 3. The van der Waals surface area contributed by atoms with E-state index >= 15 is 0 Å². The van der Waals surface area contributed by atoms with Crippen molar-refractivity contribution in [3.63, 3.8) is 0 Å². The van der Waals surface area contributed by atoms with Crippen LogP contribution in [0.5, 0.6) is 0 Å². The Bertz CT molecular complexity index is 1570. The van der Waals surface area contributed by atoms with Crippen LogP contribution in [0.2, 0.25) is 0 Å². The number of carbonyl (C=O) groups excluding carboxylic acids is 2. The summed E-state index contributed by atoms with van der Waals surface area (Å²) in [7, 11) is 1.58. The van der Waals surface area contributed by atoms with Crippen LogP contribution in [-0.2, 0) is 17.5 Å². The SMILES string of the molecule is COCCNC(=O)c1ccc2nn(CC3CCCCN3C(=O)c3ccc(-c4ccc(C(F)(F)F)nc4)cc3)cc2c1C. The molecule has 1 N–H and O–H groups in total. The fourth-order valence-corrected chi connectivity index (χ4v) is 5.36. The van der Waals surface area contributed by atoms with Crippen molar-refractivity contribution >= 4 is 22.7 Å². The summed E-state index contributed by atoms with van der Waals surface area (Å²) in [4.78, 5) is 31.6. The van der Waals surface area contributed by atoms with Crippen molar-refractivity contribution in [1.29, 1.82) is 0 Å². The Morgan fingerprint density at radius 2 is 1.81 bits per heavy atom. The van der Waals surface area contributed by atoms with Gasteiger partial charge in [0, 0.05) is 54.7 Å². The van der Waals surface area contributed by atoms with E-state index in [1.807, 2.05) is 28.8 Å². The van der Waals surface area contributed by atoms with Crippen LogP contribution in [0.15, 0.2) is 60.9 Å². The average molecular weight is 580 g/mol. The Balaban J connectivity index is 1.30. The summed E-state index contributed by atoms with van der Waals surface area (Å²) in [5, 5.41) is 8.47. The van der Waals surface area contributed by atoms with E-state index in [0.29, 0.717) is 48.5 Å². The lowest BCUT2D eigenvalue weighted by molar-refractivity contribution is -0.141. The summed E-state index contributed by atoms with van der Waals surface area (Å²) < 4.78 is 45.4. The summed E-state index contributed by atoms with van der Waals surface area (Å²) in [5.41, 5.74) is 2.98. The van der Waals surface area contributed by atoms with Gasteiger partial charge in [-0.05, 0) is 67.6 Å². The molecule has 5 rings (SSSR count). The summed E-state index contributed by atoms with van der Waals surface area (Å²) in [6.07, 6.45) is 1.36. The van der Waals surface area contributed by atoms with Gasteiger partial charge in [0.05, 0.1) is 24.7 Å². The van der Waals surface area contributed by atoms with Gasteiger partial charge in [0.1, 0.15) is 5.69 Å². The fraction of sp³-hybridized carbons (Fsp3) is 0.355. The standard InChI is InChI=1S/C31H32F3N5O3/c1-20-25(29(40)35-14-16-42-2)11-12-27-26(20)19-38(37-27)18-24-5-3-4-15-39(24)30(41)22-8-6-21(7-9-22)23-10-13-28(36-17-23)31(32,33)34/h6-13,17,19,24H,3-5,14-16,18H2,1-2H3,(H,35,40). The maximum Gasteiger partial charge on any atom is 0.433 e. The first-order chi connectivity index (χ1) is 20.2. The third-order valence-electron chi connectivity index (χ3n) is 7.65. The lowest BCUT2D eigenvalue weighted by Gasteiger charge is -2.35. The number of rotatable bonds is 8. The number of likely N-dealkylation sites (tertiary alicyclic amines) is 1. The van der Waals surface area contributed by atoms with Crippen LogP contribution in [0.1, 0.15) is 51.2 Å². The fourth-order valence-electron chi connectivity index (χ4n) is 5.36. The Kier molecular flexibility index (Phi) is 8.58. The minimum absolute atomic E-state index is 0.0588. The van der Waals surface area contributed by atoms with Gasteiger partial charge in [0.2, 0.25) is 0 Å². The molecule has 2 aromatic carbocycles. The largest absolute Gasteiger partial charge is 0.433 e. The van der Waals surface area contributed by atoms with Crippen LogP contribution in [0.4, 0.5) is 13.2 Å². The molecule has 1 saturated heterocycles. The molecule has 0 radical (unpaired) electrons. The molecule has 42 heavy (non-hydrogen) atoms. The molecule has 0 aliphatic carbocycles. The second kappa shape index (κ2) is 12.3. The number of nitrogens with zero attached hydrogens (tertiary/aromatic N) is 4. The number of methoxy groups -OCH3 is 1. The Labute approximate surface area is 241 Å². The average Bonchev–Trinajstić information content (AvgIpc) is 3.40. The number of amides is 2. The van der Waals surface area contributed by atoms with Gasteiger partial charge in [-0.15, -0.1) is 0 Å². The monoisotopic (exact) mass is 579 g/mol. The van der Waals surface area contributed by atoms with Gasteiger partial charge < -0.3 is 15.0 Å². The number of piperidine rings is 1. The van der Waals surface area contributed by atoms with E-state index in [2.05, 4.69) is 10.3 Å². The number of benzene rings is 2. The zero-order valence-electron chi connectivity index (χ0n) is 23.4. The molecule has 11 heteroatoms. The molecular formula is C31H32F3N5O3. The van der Waals surface area contributed by atoms with E-state index in [1.165, 1.54) is 12.3 Å². The zero-order valence-corrected chi connectivity index (χ0v) is 23.4. The maximum atomic E-state index is 13.6. The van der Waals surface area contributed by atoms with Crippen molar-refractivity contribution in [3.05, 3.63) is 83.3 Å². The van der Waals surface area contributed by atoms with Crippen LogP contribution in [-0.4, -0.2) is 64.3 Å². The van der Waals surface area contributed by atoms with Crippen molar-refractivity contribution in [2.75, 3.05) is 26.8 Å². The minimum Gasteiger partial charge on any atom is -0.383 e. The van der Waals surface area contributed by atoms with Crippen LogP contribution in [0.25, 0.3) is 22.0 Å². The van der Waals surface area contributed by atoms with Crippen molar-refractivity contribution in [2.24, 2.45) is 0 Å². The van der Waals surface area contributed by atoms with Gasteiger partial charge in [0.15, 0.2) is 0 Å². The molecule has 1 aliphatic rings. The summed E-state index contributed by atoms with van der Waals surface area (Å²) >= 11 is 0. The molecule has 1 aliphatic heterocycles. The molecular weight excluding hydrogens is 547 g/mol. The number of nitrogens with one attached hydrogen (secondary N) is 1. The molecule has 0 bridgehead atoms. The smallest absolute Gasteiger partial charge is 0.383 e. The molecule has 1 unspecified atom stereocenters. The number of halogens is 3. The van der Waals surface area contributed by atoms with E-state index in [1.54, 1.807) is 37.4 Å². The van der Waals surface area contributed by atoms with Crippen LogP contribution >= 0.6 is 0 Å². The molecule has 0 spiro atoms. The normalized spacial score (nSPS) is 15.6. The molecule has 220 valence electrons. The van der Waals surface area contributed by atoms with Gasteiger partial charge in [-0.1, -0.05) is 18.2 Å². The van der Waals surface area contributed by atoms with Gasteiger partial charge >= 0.3 is 6.18 Å².